The van der Waals surface area contributed by atoms with Crippen molar-refractivity contribution in [3.8, 4) is 0 Å². The Morgan fingerprint density at radius 2 is 1.70 bits per heavy atom. The van der Waals surface area contributed by atoms with E-state index >= 15 is 0 Å². The molecule has 2 aliphatic heterocycles. The van der Waals surface area contributed by atoms with E-state index in [1.807, 2.05) is 30.9 Å². The summed E-state index contributed by atoms with van der Waals surface area (Å²) >= 11 is 0. The van der Waals surface area contributed by atoms with Crippen molar-refractivity contribution in [3.05, 3.63) is 64.7 Å². The molecule has 0 radical (unpaired) electrons. The zero-order chi connectivity index (χ0) is 21.3. The number of sulfonamides is 1. The molecule has 0 aromatic heterocycles. The first-order chi connectivity index (χ1) is 14.3. The van der Waals surface area contributed by atoms with Gasteiger partial charge in [-0.25, -0.2) is 8.42 Å². The number of piperazine rings is 1. The first kappa shape index (κ1) is 21.0. The Hall–Kier alpha value is -2.22. The minimum absolute atomic E-state index is 0.119. The molecule has 1 fully saturated rings. The van der Waals surface area contributed by atoms with Crippen LogP contribution in [0.25, 0.3) is 0 Å². The average molecular weight is 429 g/mol. The van der Waals surface area contributed by atoms with E-state index in [1.54, 1.807) is 6.07 Å². The monoisotopic (exact) mass is 428 g/mol. The van der Waals surface area contributed by atoms with Gasteiger partial charge in [-0.2, -0.15) is 4.31 Å². The summed E-state index contributed by atoms with van der Waals surface area (Å²) in [4.78, 5) is 16.3. The van der Waals surface area contributed by atoms with Crippen molar-refractivity contribution in [1.82, 2.24) is 9.21 Å². The largest absolute Gasteiger partial charge is 0.335 e. The van der Waals surface area contributed by atoms with Gasteiger partial charge in [0.2, 0.25) is 10.0 Å². The van der Waals surface area contributed by atoms with Crippen molar-refractivity contribution in [2.45, 2.75) is 31.7 Å². The van der Waals surface area contributed by atoms with Gasteiger partial charge in [0.25, 0.3) is 5.91 Å². The fourth-order valence-corrected chi connectivity index (χ4v) is 6.15. The standard InChI is InChI=1S/C23H29N3O3S/c1-18-7-8-19(2)22(15-18)30(28,29)26-13-11-25(12-14-26)23(27)17-24-10-9-20-5-3-4-6-21(20)16-24/h3-8,15H,9-14,16-17H2,1-2H3/p+1. The number of benzene rings is 2. The third kappa shape index (κ3) is 4.29. The van der Waals surface area contributed by atoms with Gasteiger partial charge in [0.1, 0.15) is 6.54 Å². The highest BCUT2D eigenvalue weighted by Crippen LogP contribution is 2.22. The van der Waals surface area contributed by atoms with Crippen molar-refractivity contribution in [3.63, 3.8) is 0 Å². The second-order valence-electron chi connectivity index (χ2n) is 8.43. The second kappa shape index (κ2) is 8.49. The van der Waals surface area contributed by atoms with Crippen molar-refractivity contribution in [2.75, 3.05) is 39.3 Å². The number of quaternary nitrogens is 1. The molecule has 2 aliphatic rings. The van der Waals surface area contributed by atoms with E-state index in [-0.39, 0.29) is 5.91 Å². The Bertz CT molecular complexity index is 1040. The Balaban J connectivity index is 1.35. The van der Waals surface area contributed by atoms with Crippen molar-refractivity contribution >= 4 is 15.9 Å². The Kier molecular flexibility index (Phi) is 5.95. The predicted molar refractivity (Wildman–Crippen MR) is 116 cm³/mol. The van der Waals surface area contributed by atoms with Crippen LogP contribution in [-0.2, 0) is 27.8 Å². The molecule has 1 saturated heterocycles. The highest BCUT2D eigenvalue weighted by Gasteiger charge is 2.32. The van der Waals surface area contributed by atoms with Crippen LogP contribution in [0.1, 0.15) is 22.3 Å². The van der Waals surface area contributed by atoms with Crippen LogP contribution in [0.2, 0.25) is 0 Å². The van der Waals surface area contributed by atoms with E-state index in [0.29, 0.717) is 37.6 Å². The summed E-state index contributed by atoms with van der Waals surface area (Å²) in [7, 11) is -3.53. The highest BCUT2D eigenvalue weighted by molar-refractivity contribution is 7.89. The van der Waals surface area contributed by atoms with Crippen LogP contribution in [0.3, 0.4) is 0 Å². The molecule has 1 amide bonds. The lowest BCUT2D eigenvalue weighted by atomic mass is 10.00. The maximum Gasteiger partial charge on any atom is 0.277 e. The summed E-state index contributed by atoms with van der Waals surface area (Å²) < 4.78 is 27.7. The molecule has 30 heavy (non-hydrogen) atoms. The lowest BCUT2D eigenvalue weighted by molar-refractivity contribution is -0.908. The number of hydrogen-bond acceptors (Lipinski definition) is 3. The number of nitrogens with zero attached hydrogens (tertiary/aromatic N) is 2. The Morgan fingerprint density at radius 3 is 2.43 bits per heavy atom. The molecular weight excluding hydrogens is 398 g/mol. The van der Waals surface area contributed by atoms with Crippen LogP contribution in [0.4, 0.5) is 0 Å². The fraction of sp³-hybridized carbons (Fsp3) is 0.435. The molecule has 1 N–H and O–H groups in total. The molecule has 1 unspecified atom stereocenters. The molecular formula is C23H30N3O3S+. The topological polar surface area (TPSA) is 62.1 Å². The van der Waals surface area contributed by atoms with Gasteiger partial charge < -0.3 is 9.80 Å². The van der Waals surface area contributed by atoms with Gasteiger partial charge >= 0.3 is 0 Å². The van der Waals surface area contributed by atoms with Gasteiger partial charge in [-0.1, -0.05) is 36.4 Å². The number of carbonyl (C=O) groups excluding carboxylic acids is 1. The van der Waals surface area contributed by atoms with E-state index in [1.165, 1.54) is 20.3 Å². The van der Waals surface area contributed by atoms with Crippen LogP contribution in [0.5, 0.6) is 0 Å². The van der Waals surface area contributed by atoms with E-state index in [9.17, 15) is 13.2 Å². The van der Waals surface area contributed by atoms with E-state index < -0.39 is 10.0 Å². The predicted octanol–water partition coefficient (Wildman–Crippen LogP) is 0.778. The SMILES string of the molecule is Cc1ccc(C)c(S(=O)(=O)N2CCN(C(=O)C[NH+]3CCc4ccccc4C3)CC2)c1. The number of aryl methyl sites for hydroxylation is 2. The summed E-state index contributed by atoms with van der Waals surface area (Å²) in [5.74, 6) is 0.119. The smallest absolute Gasteiger partial charge is 0.277 e. The molecule has 7 heteroatoms. The first-order valence-corrected chi connectivity index (χ1v) is 12.0. The number of carbonyl (C=O) groups is 1. The van der Waals surface area contributed by atoms with E-state index in [0.717, 1.165) is 30.6 Å². The molecule has 0 bridgehead atoms. The second-order valence-corrected chi connectivity index (χ2v) is 10.3. The molecule has 1 atom stereocenters. The van der Waals surface area contributed by atoms with E-state index in [4.69, 9.17) is 0 Å². The molecule has 4 rings (SSSR count). The number of amides is 1. The summed E-state index contributed by atoms with van der Waals surface area (Å²) in [6.45, 7) is 7.63. The number of fused-ring (bicyclic) bond motifs is 1. The first-order valence-electron chi connectivity index (χ1n) is 10.6. The van der Waals surface area contributed by atoms with Gasteiger partial charge in [-0.05, 0) is 36.6 Å². The third-order valence-electron chi connectivity index (χ3n) is 6.26. The van der Waals surface area contributed by atoms with Gasteiger partial charge in [-0.3, -0.25) is 4.79 Å². The molecule has 0 saturated carbocycles. The quantitative estimate of drug-likeness (QED) is 0.783. The van der Waals surface area contributed by atoms with Gasteiger partial charge in [-0.15, -0.1) is 0 Å². The molecule has 6 nitrogen and oxygen atoms in total. The zero-order valence-electron chi connectivity index (χ0n) is 17.7. The van der Waals surface area contributed by atoms with E-state index in [2.05, 4.69) is 24.3 Å². The van der Waals surface area contributed by atoms with Gasteiger partial charge in [0, 0.05) is 38.2 Å². The Morgan fingerprint density at radius 1 is 1.00 bits per heavy atom. The van der Waals surface area contributed by atoms with Crippen molar-refractivity contribution in [1.29, 1.82) is 0 Å². The highest BCUT2D eigenvalue weighted by atomic mass is 32.2. The normalized spacial score (nSPS) is 20.1. The summed E-state index contributed by atoms with van der Waals surface area (Å²) in [5.41, 5.74) is 4.40. The lowest BCUT2D eigenvalue weighted by Gasteiger charge is -2.35. The van der Waals surface area contributed by atoms with Crippen molar-refractivity contribution in [2.24, 2.45) is 0 Å². The van der Waals surface area contributed by atoms with Crippen LogP contribution >= 0.6 is 0 Å². The lowest BCUT2D eigenvalue weighted by Crippen LogP contribution is -3.12. The molecule has 2 heterocycles. The summed E-state index contributed by atoms with van der Waals surface area (Å²) in [5, 5.41) is 0. The number of nitrogens with one attached hydrogen (secondary N) is 1. The average Bonchev–Trinajstić information content (AvgIpc) is 2.75. The molecule has 160 valence electrons. The summed E-state index contributed by atoms with van der Waals surface area (Å²) in [6, 6.07) is 14.0. The maximum absolute atomic E-state index is 13.1. The number of hydrogen-bond donors (Lipinski definition) is 1. The maximum atomic E-state index is 13.1. The van der Waals surface area contributed by atoms with Crippen molar-refractivity contribution < 1.29 is 18.1 Å². The van der Waals surface area contributed by atoms with Crippen LogP contribution < -0.4 is 4.90 Å². The van der Waals surface area contributed by atoms with Crippen LogP contribution in [0.15, 0.2) is 47.4 Å². The minimum Gasteiger partial charge on any atom is -0.335 e. The molecule has 2 aromatic rings. The number of rotatable bonds is 4. The van der Waals surface area contributed by atoms with Crippen LogP contribution in [-0.4, -0.2) is 62.8 Å². The van der Waals surface area contributed by atoms with Gasteiger partial charge in [0.05, 0.1) is 11.4 Å². The third-order valence-corrected chi connectivity index (χ3v) is 8.30. The van der Waals surface area contributed by atoms with Crippen LogP contribution in [0, 0.1) is 13.8 Å². The fourth-order valence-electron chi connectivity index (χ4n) is 4.42. The summed E-state index contributed by atoms with van der Waals surface area (Å²) in [6.07, 6.45) is 1.00. The molecule has 0 aliphatic carbocycles. The zero-order valence-corrected chi connectivity index (χ0v) is 18.5. The Labute approximate surface area is 179 Å². The molecule has 2 aromatic carbocycles. The molecule has 0 spiro atoms. The minimum atomic E-state index is -3.53. The van der Waals surface area contributed by atoms with Gasteiger partial charge in [0.15, 0.2) is 6.54 Å².